The summed E-state index contributed by atoms with van der Waals surface area (Å²) in [7, 11) is 1.64. The molecule has 1 atom stereocenters. The number of thiophene rings is 1. The van der Waals surface area contributed by atoms with Crippen LogP contribution in [0.1, 0.15) is 29.9 Å². The fourth-order valence-electron chi connectivity index (χ4n) is 4.05. The van der Waals surface area contributed by atoms with Gasteiger partial charge in [0.2, 0.25) is 5.91 Å². The van der Waals surface area contributed by atoms with Crippen LogP contribution in [0.4, 0.5) is 5.82 Å². The van der Waals surface area contributed by atoms with Crippen molar-refractivity contribution >= 4 is 29.0 Å². The Morgan fingerprint density at radius 3 is 2.51 bits per heavy atom. The highest BCUT2D eigenvalue weighted by molar-refractivity contribution is 7.12. The van der Waals surface area contributed by atoms with Crippen molar-refractivity contribution in [2.45, 2.75) is 26.3 Å². The minimum absolute atomic E-state index is 0.00629. The molecule has 8 nitrogen and oxygen atoms in total. The minimum Gasteiger partial charge on any atom is -0.497 e. The summed E-state index contributed by atoms with van der Waals surface area (Å²) in [5.74, 6) is 1.47. The summed E-state index contributed by atoms with van der Waals surface area (Å²) in [6, 6.07) is 15.3. The average Bonchev–Trinajstić information content (AvgIpc) is 3.46. The van der Waals surface area contributed by atoms with Gasteiger partial charge in [-0.15, -0.1) is 21.5 Å². The molecule has 0 spiro atoms. The number of carbonyl (C=O) groups is 2. The van der Waals surface area contributed by atoms with E-state index in [1.165, 1.54) is 11.3 Å². The van der Waals surface area contributed by atoms with Crippen LogP contribution in [-0.2, 0) is 4.79 Å². The highest BCUT2D eigenvalue weighted by Crippen LogP contribution is 2.23. The van der Waals surface area contributed by atoms with Gasteiger partial charge in [-0.3, -0.25) is 9.59 Å². The van der Waals surface area contributed by atoms with Gasteiger partial charge in [0.1, 0.15) is 12.3 Å². The van der Waals surface area contributed by atoms with Gasteiger partial charge < -0.3 is 19.4 Å². The molecule has 3 aromatic rings. The third kappa shape index (κ3) is 5.79. The van der Waals surface area contributed by atoms with Crippen molar-refractivity contribution in [1.82, 2.24) is 20.0 Å². The van der Waals surface area contributed by atoms with E-state index in [1.807, 2.05) is 72.7 Å². The largest absolute Gasteiger partial charge is 0.497 e. The van der Waals surface area contributed by atoms with Crippen molar-refractivity contribution in [3.8, 4) is 17.0 Å². The molecule has 0 radical (unpaired) electrons. The van der Waals surface area contributed by atoms with E-state index in [1.54, 1.807) is 12.0 Å². The Kier molecular flexibility index (Phi) is 7.97. The highest BCUT2D eigenvalue weighted by Gasteiger charge is 2.28. The number of aromatic nitrogens is 2. The van der Waals surface area contributed by atoms with E-state index in [4.69, 9.17) is 4.74 Å². The summed E-state index contributed by atoms with van der Waals surface area (Å²) in [6.45, 7) is 6.62. The second-order valence-corrected chi connectivity index (χ2v) is 9.49. The Hall–Kier alpha value is -3.46. The Morgan fingerprint density at radius 1 is 1.09 bits per heavy atom. The van der Waals surface area contributed by atoms with E-state index in [2.05, 4.69) is 15.1 Å². The molecular formula is C26H31N5O3S. The molecule has 1 aromatic carbocycles. The smallest absolute Gasteiger partial charge is 0.264 e. The zero-order chi connectivity index (χ0) is 24.8. The van der Waals surface area contributed by atoms with Gasteiger partial charge in [-0.05, 0) is 49.1 Å². The van der Waals surface area contributed by atoms with Crippen molar-refractivity contribution in [3.63, 3.8) is 0 Å². The van der Waals surface area contributed by atoms with Crippen LogP contribution in [0.15, 0.2) is 53.9 Å². The van der Waals surface area contributed by atoms with Crippen LogP contribution in [0.25, 0.3) is 11.3 Å². The van der Waals surface area contributed by atoms with Gasteiger partial charge in [0.15, 0.2) is 5.82 Å². The molecule has 0 N–H and O–H groups in total. The second-order valence-electron chi connectivity index (χ2n) is 8.54. The van der Waals surface area contributed by atoms with Crippen molar-refractivity contribution in [2.24, 2.45) is 0 Å². The van der Waals surface area contributed by atoms with Crippen LogP contribution in [-0.4, -0.2) is 77.7 Å². The standard InChI is InChI=1S/C26H31N5O3S/c1-4-19(2)31(26(33)23-9-6-16-35-23)18-25(32)30-14-12-29(13-15-30)24-11-10-22(27-28-24)20-7-5-8-21(17-20)34-3/h5-11,16-17,19H,4,12-15,18H2,1-3H3. The molecule has 4 rings (SSSR count). The molecule has 1 aliphatic rings. The van der Waals surface area contributed by atoms with Crippen molar-refractivity contribution in [3.05, 3.63) is 58.8 Å². The lowest BCUT2D eigenvalue weighted by Gasteiger charge is -2.37. The predicted molar refractivity (Wildman–Crippen MR) is 138 cm³/mol. The predicted octanol–water partition coefficient (Wildman–Crippen LogP) is 3.80. The van der Waals surface area contributed by atoms with Gasteiger partial charge in [0, 0.05) is 37.8 Å². The number of methoxy groups -OCH3 is 1. The van der Waals surface area contributed by atoms with Gasteiger partial charge in [-0.1, -0.05) is 25.1 Å². The molecule has 35 heavy (non-hydrogen) atoms. The van der Waals surface area contributed by atoms with E-state index < -0.39 is 0 Å². The van der Waals surface area contributed by atoms with Crippen molar-refractivity contribution in [1.29, 1.82) is 0 Å². The van der Waals surface area contributed by atoms with Gasteiger partial charge in [0.25, 0.3) is 5.91 Å². The molecule has 0 saturated carbocycles. The molecule has 1 aliphatic heterocycles. The number of ether oxygens (including phenoxy) is 1. The SMILES string of the molecule is CCC(C)N(CC(=O)N1CCN(c2ccc(-c3cccc(OC)c3)nn2)CC1)C(=O)c1cccs1. The van der Waals surface area contributed by atoms with Crippen LogP contribution in [0.5, 0.6) is 5.75 Å². The first-order valence-electron chi connectivity index (χ1n) is 11.9. The summed E-state index contributed by atoms with van der Waals surface area (Å²) in [5, 5.41) is 10.7. The first-order valence-corrected chi connectivity index (χ1v) is 12.7. The van der Waals surface area contributed by atoms with Crippen LogP contribution in [0.3, 0.4) is 0 Å². The Morgan fingerprint density at radius 2 is 1.89 bits per heavy atom. The van der Waals surface area contributed by atoms with Gasteiger partial charge in [-0.2, -0.15) is 0 Å². The number of rotatable bonds is 8. The summed E-state index contributed by atoms with van der Waals surface area (Å²) in [4.78, 5) is 32.4. The minimum atomic E-state index is -0.0762. The molecule has 0 bridgehead atoms. The number of amides is 2. The fourth-order valence-corrected chi connectivity index (χ4v) is 4.73. The van der Waals surface area contributed by atoms with Crippen molar-refractivity contribution in [2.75, 3.05) is 44.7 Å². The maximum atomic E-state index is 13.1. The molecule has 0 aliphatic carbocycles. The molecule has 2 amide bonds. The van der Waals surface area contributed by atoms with Gasteiger partial charge in [-0.25, -0.2) is 0 Å². The maximum Gasteiger partial charge on any atom is 0.264 e. The number of hydrogen-bond donors (Lipinski definition) is 0. The first-order chi connectivity index (χ1) is 17.0. The normalized spacial score (nSPS) is 14.5. The lowest BCUT2D eigenvalue weighted by molar-refractivity contribution is -0.132. The molecule has 184 valence electrons. The zero-order valence-electron chi connectivity index (χ0n) is 20.4. The van der Waals surface area contributed by atoms with Gasteiger partial charge >= 0.3 is 0 Å². The van der Waals surface area contributed by atoms with Crippen LogP contribution < -0.4 is 9.64 Å². The van der Waals surface area contributed by atoms with E-state index >= 15 is 0 Å². The van der Waals surface area contributed by atoms with Crippen LogP contribution >= 0.6 is 11.3 Å². The van der Waals surface area contributed by atoms with Gasteiger partial charge in [0.05, 0.1) is 17.7 Å². The average molecular weight is 494 g/mol. The lowest BCUT2D eigenvalue weighted by Crippen LogP contribution is -2.53. The number of nitrogens with zero attached hydrogens (tertiary/aromatic N) is 5. The number of benzene rings is 1. The van der Waals surface area contributed by atoms with E-state index in [9.17, 15) is 9.59 Å². The first kappa shape index (κ1) is 24.7. The molecule has 1 fully saturated rings. The van der Waals surface area contributed by atoms with Crippen molar-refractivity contribution < 1.29 is 14.3 Å². The molecule has 1 unspecified atom stereocenters. The second kappa shape index (κ2) is 11.3. The molecule has 9 heteroatoms. The highest BCUT2D eigenvalue weighted by atomic mass is 32.1. The van der Waals surface area contributed by atoms with Crippen LogP contribution in [0, 0.1) is 0 Å². The Bertz CT molecular complexity index is 1130. The summed E-state index contributed by atoms with van der Waals surface area (Å²) < 4.78 is 5.29. The number of carbonyl (C=O) groups excluding carboxylic acids is 2. The van der Waals surface area contributed by atoms with E-state index in [-0.39, 0.29) is 24.4 Å². The molecule has 2 aromatic heterocycles. The zero-order valence-corrected chi connectivity index (χ0v) is 21.2. The maximum absolute atomic E-state index is 13.1. The topological polar surface area (TPSA) is 78.9 Å². The van der Waals surface area contributed by atoms with E-state index in [0.717, 1.165) is 29.2 Å². The Balaban J connectivity index is 1.35. The third-order valence-corrected chi connectivity index (χ3v) is 7.25. The number of anilines is 1. The molecule has 3 heterocycles. The Labute approximate surface area is 210 Å². The quantitative estimate of drug-likeness (QED) is 0.475. The summed E-state index contributed by atoms with van der Waals surface area (Å²) >= 11 is 1.41. The number of piperazine rings is 1. The van der Waals surface area contributed by atoms with E-state index in [0.29, 0.717) is 31.1 Å². The monoisotopic (exact) mass is 493 g/mol. The van der Waals surface area contributed by atoms with Crippen LogP contribution in [0.2, 0.25) is 0 Å². The summed E-state index contributed by atoms with van der Waals surface area (Å²) in [5.41, 5.74) is 1.73. The number of hydrogen-bond acceptors (Lipinski definition) is 7. The third-order valence-electron chi connectivity index (χ3n) is 6.39. The molecule has 1 saturated heterocycles. The lowest BCUT2D eigenvalue weighted by atomic mass is 10.1. The summed E-state index contributed by atoms with van der Waals surface area (Å²) in [6.07, 6.45) is 0.794. The fraction of sp³-hybridized carbons (Fsp3) is 0.385. The molecular weight excluding hydrogens is 462 g/mol.